The van der Waals surface area contributed by atoms with Crippen LogP contribution in [0, 0.1) is 58.2 Å². The Labute approximate surface area is 208 Å². The molecule has 0 amide bonds. The Hall–Kier alpha value is 0. The summed E-state index contributed by atoms with van der Waals surface area (Å²) >= 11 is 0. The molecule has 0 heteroatoms. The molecule has 0 aromatic carbocycles. The largest absolute Gasteiger partial charge is 0.0654 e. The molecule has 0 radical (unpaired) electrons. The summed E-state index contributed by atoms with van der Waals surface area (Å²) in [5.74, 6) is 8.14. The molecule has 0 nitrogen and oxygen atoms in total. The third-order valence-electron chi connectivity index (χ3n) is 12.4. The zero-order valence-electron chi connectivity index (χ0n) is 23.6. The Morgan fingerprint density at radius 2 is 1.48 bits per heavy atom. The molecule has 0 bridgehead atoms. The first kappa shape index (κ1) is 26.1. The van der Waals surface area contributed by atoms with Crippen LogP contribution in [0.1, 0.15) is 151 Å². The number of hydrogen-bond donors (Lipinski definition) is 0. The lowest BCUT2D eigenvalue weighted by molar-refractivity contribution is -0.121. The predicted octanol–water partition coefficient (Wildman–Crippen LogP) is 10.7. The van der Waals surface area contributed by atoms with E-state index in [-0.39, 0.29) is 0 Å². The van der Waals surface area contributed by atoms with Gasteiger partial charge in [0.2, 0.25) is 0 Å². The van der Waals surface area contributed by atoms with Gasteiger partial charge in [0.25, 0.3) is 0 Å². The van der Waals surface area contributed by atoms with Crippen molar-refractivity contribution in [3.05, 3.63) is 0 Å². The summed E-state index contributed by atoms with van der Waals surface area (Å²) in [6.07, 6.45) is 25.8. The second kappa shape index (κ2) is 10.9. The van der Waals surface area contributed by atoms with E-state index in [0.717, 1.165) is 47.3 Å². The predicted molar refractivity (Wildman–Crippen MR) is 145 cm³/mol. The molecule has 4 saturated carbocycles. The molecule has 4 fully saturated rings. The molecule has 0 heterocycles. The summed E-state index contributed by atoms with van der Waals surface area (Å²) in [6.45, 7) is 15.3. The van der Waals surface area contributed by atoms with Crippen molar-refractivity contribution in [2.75, 3.05) is 0 Å². The van der Waals surface area contributed by atoms with Gasteiger partial charge in [0.05, 0.1) is 0 Å². The van der Waals surface area contributed by atoms with E-state index in [4.69, 9.17) is 0 Å². The lowest BCUT2D eigenvalue weighted by Gasteiger charge is -2.61. The Morgan fingerprint density at radius 1 is 0.727 bits per heavy atom. The van der Waals surface area contributed by atoms with Crippen LogP contribution in [0.5, 0.6) is 0 Å². The summed E-state index contributed by atoms with van der Waals surface area (Å²) in [4.78, 5) is 0. The maximum absolute atomic E-state index is 2.78. The summed E-state index contributed by atoms with van der Waals surface area (Å²) < 4.78 is 0. The number of fused-ring (bicyclic) bond motifs is 5. The molecule has 0 aliphatic heterocycles. The molecule has 4 aliphatic carbocycles. The zero-order valence-corrected chi connectivity index (χ0v) is 23.6. The van der Waals surface area contributed by atoms with Crippen LogP contribution in [-0.2, 0) is 0 Å². The Kier molecular flexibility index (Phi) is 8.65. The van der Waals surface area contributed by atoms with Gasteiger partial charge in [-0.25, -0.2) is 0 Å². The highest BCUT2D eigenvalue weighted by Gasteiger charge is 2.60. The van der Waals surface area contributed by atoms with Crippen LogP contribution in [0.3, 0.4) is 0 Å². The highest BCUT2D eigenvalue weighted by atomic mass is 14.6. The summed E-state index contributed by atoms with van der Waals surface area (Å²) in [7, 11) is 0. The smallest absolute Gasteiger partial charge is 0.0264 e. The first-order valence-corrected chi connectivity index (χ1v) is 15.8. The van der Waals surface area contributed by atoms with Gasteiger partial charge in [-0.3, -0.25) is 0 Å². The first-order valence-electron chi connectivity index (χ1n) is 15.8. The molecule has 4 aliphatic rings. The molecule has 33 heavy (non-hydrogen) atoms. The highest BCUT2D eigenvalue weighted by molar-refractivity contribution is 5.09. The topological polar surface area (TPSA) is 0 Å². The average molecular weight is 457 g/mol. The van der Waals surface area contributed by atoms with Gasteiger partial charge in [-0.15, -0.1) is 0 Å². The molecule has 0 aromatic heterocycles. The van der Waals surface area contributed by atoms with E-state index in [0.29, 0.717) is 10.8 Å². The third-order valence-corrected chi connectivity index (χ3v) is 12.4. The van der Waals surface area contributed by atoms with Gasteiger partial charge in [0.1, 0.15) is 0 Å². The van der Waals surface area contributed by atoms with Crippen molar-refractivity contribution in [1.82, 2.24) is 0 Å². The van der Waals surface area contributed by atoms with E-state index in [9.17, 15) is 0 Å². The number of unbranched alkanes of at least 4 members (excludes halogenated alkanes) is 3. The van der Waals surface area contributed by atoms with Crippen molar-refractivity contribution in [3.63, 3.8) is 0 Å². The van der Waals surface area contributed by atoms with E-state index in [1.165, 1.54) is 51.4 Å². The van der Waals surface area contributed by atoms with Crippen LogP contribution < -0.4 is 0 Å². The van der Waals surface area contributed by atoms with Crippen molar-refractivity contribution in [2.24, 2.45) is 58.2 Å². The fraction of sp³-hybridized carbons (Fsp3) is 1.00. The van der Waals surface area contributed by atoms with Gasteiger partial charge >= 0.3 is 0 Å². The van der Waals surface area contributed by atoms with Crippen LogP contribution >= 0.6 is 0 Å². The zero-order chi connectivity index (χ0) is 23.6. The molecule has 4 rings (SSSR count). The normalized spacial score (nSPS) is 43.7. The second-order valence-electron chi connectivity index (χ2n) is 14.7. The van der Waals surface area contributed by atoms with Gasteiger partial charge in [-0.2, -0.15) is 0 Å². The quantitative estimate of drug-likeness (QED) is 0.287. The van der Waals surface area contributed by atoms with Crippen molar-refractivity contribution >= 4 is 0 Å². The van der Waals surface area contributed by atoms with Gasteiger partial charge in [0, 0.05) is 0 Å². The van der Waals surface area contributed by atoms with Gasteiger partial charge in [-0.05, 0) is 116 Å². The van der Waals surface area contributed by atoms with E-state index in [2.05, 4.69) is 41.5 Å². The fourth-order valence-corrected chi connectivity index (χ4v) is 10.5. The Morgan fingerprint density at radius 3 is 2.24 bits per heavy atom. The minimum Gasteiger partial charge on any atom is -0.0654 e. The number of rotatable bonds is 10. The standard InChI is InChI=1S/C33H60/c1-7-8-9-10-14-26-19-21-32(5)27(23-26)15-16-28-30-18-17-29(25(4)13-11-12-24(2)3)33(30,6)22-20-31(28)32/h24-31H,7-23H2,1-6H3/t25?,26-,27?,28?,29+,30?,31?,32-,33+/m0/s1. The highest BCUT2D eigenvalue weighted by Crippen LogP contribution is 2.68. The summed E-state index contributed by atoms with van der Waals surface area (Å²) in [5.41, 5.74) is 1.35. The average Bonchev–Trinajstić information content (AvgIpc) is 3.14. The van der Waals surface area contributed by atoms with Crippen LogP contribution in [0.2, 0.25) is 0 Å². The molecular formula is C33H60. The molecule has 0 N–H and O–H groups in total. The second-order valence-corrected chi connectivity index (χ2v) is 14.7. The van der Waals surface area contributed by atoms with Gasteiger partial charge in [-0.1, -0.05) is 92.9 Å². The van der Waals surface area contributed by atoms with E-state index in [1.807, 2.05) is 0 Å². The lowest BCUT2D eigenvalue weighted by Crippen LogP contribution is -2.53. The molecule has 9 atom stereocenters. The maximum Gasteiger partial charge on any atom is -0.0264 e. The van der Waals surface area contributed by atoms with Crippen molar-refractivity contribution < 1.29 is 0 Å². The SMILES string of the molecule is CCCCCC[C@H]1CC[C@@]2(C)C(CCC3C2CC[C@@]2(C)C3CC[C@@H]2C(C)CCCC(C)C)C1. The van der Waals surface area contributed by atoms with Crippen LogP contribution in [-0.4, -0.2) is 0 Å². The minimum atomic E-state index is 0.665. The molecule has 0 spiro atoms. The molecular weight excluding hydrogens is 396 g/mol. The van der Waals surface area contributed by atoms with E-state index in [1.54, 1.807) is 57.8 Å². The van der Waals surface area contributed by atoms with Gasteiger partial charge in [0.15, 0.2) is 0 Å². The third kappa shape index (κ3) is 5.26. The van der Waals surface area contributed by atoms with Crippen molar-refractivity contribution in [1.29, 1.82) is 0 Å². The first-order chi connectivity index (χ1) is 15.8. The van der Waals surface area contributed by atoms with Crippen LogP contribution in [0.4, 0.5) is 0 Å². The van der Waals surface area contributed by atoms with Crippen molar-refractivity contribution in [2.45, 2.75) is 151 Å². The number of hydrogen-bond acceptors (Lipinski definition) is 0. The van der Waals surface area contributed by atoms with Gasteiger partial charge < -0.3 is 0 Å². The molecule has 192 valence electrons. The minimum absolute atomic E-state index is 0.665. The molecule has 0 saturated heterocycles. The van der Waals surface area contributed by atoms with Crippen LogP contribution in [0.15, 0.2) is 0 Å². The Balaban J connectivity index is 1.36. The Bertz CT molecular complexity index is 605. The maximum atomic E-state index is 2.78. The summed E-state index contributed by atoms with van der Waals surface area (Å²) in [5, 5.41) is 0. The van der Waals surface area contributed by atoms with E-state index >= 15 is 0 Å². The lowest BCUT2D eigenvalue weighted by atomic mass is 9.44. The van der Waals surface area contributed by atoms with Crippen LogP contribution in [0.25, 0.3) is 0 Å². The van der Waals surface area contributed by atoms with E-state index < -0.39 is 0 Å². The summed E-state index contributed by atoms with van der Waals surface area (Å²) in [6, 6.07) is 0. The molecule has 5 unspecified atom stereocenters. The van der Waals surface area contributed by atoms with Crippen molar-refractivity contribution in [3.8, 4) is 0 Å². The fourth-order valence-electron chi connectivity index (χ4n) is 10.5. The molecule has 0 aromatic rings. The monoisotopic (exact) mass is 456 g/mol.